The van der Waals surface area contributed by atoms with Crippen molar-refractivity contribution in [2.45, 2.75) is 71.3 Å². The summed E-state index contributed by atoms with van der Waals surface area (Å²) in [5.74, 6) is 1.86. The highest BCUT2D eigenvalue weighted by atomic mass is 32.1. The second kappa shape index (κ2) is 10.2. The Labute approximate surface area is 172 Å². The Morgan fingerprint density at radius 2 is 1.71 bits per heavy atom. The van der Waals surface area contributed by atoms with Gasteiger partial charge < -0.3 is 9.80 Å². The summed E-state index contributed by atoms with van der Waals surface area (Å²) in [6.07, 6.45) is 9.99. The molecule has 1 N–H and O–H groups in total. The molecule has 7 nitrogen and oxygen atoms in total. The van der Waals surface area contributed by atoms with Crippen LogP contribution in [-0.4, -0.2) is 62.6 Å². The molecule has 1 aliphatic heterocycles. The van der Waals surface area contributed by atoms with E-state index in [0.29, 0.717) is 37.4 Å². The zero-order valence-electron chi connectivity index (χ0n) is 17.0. The van der Waals surface area contributed by atoms with Gasteiger partial charge in [0.15, 0.2) is 4.77 Å². The van der Waals surface area contributed by atoms with Crippen LogP contribution in [0.3, 0.4) is 0 Å². The fourth-order valence-corrected chi connectivity index (χ4v) is 4.55. The highest BCUT2D eigenvalue weighted by molar-refractivity contribution is 7.71. The van der Waals surface area contributed by atoms with E-state index in [0.717, 1.165) is 31.0 Å². The minimum atomic E-state index is 0.0455. The van der Waals surface area contributed by atoms with E-state index >= 15 is 0 Å². The number of carbonyl (C=O) groups is 2. The molecule has 0 unspecified atom stereocenters. The number of nitrogens with zero attached hydrogens (tertiary/aromatic N) is 4. The van der Waals surface area contributed by atoms with Crippen LogP contribution in [0.2, 0.25) is 0 Å². The van der Waals surface area contributed by atoms with Crippen LogP contribution in [0.1, 0.15) is 64.1 Å². The topological polar surface area (TPSA) is 74.2 Å². The number of rotatable bonds is 7. The van der Waals surface area contributed by atoms with Crippen LogP contribution in [0.25, 0.3) is 0 Å². The number of hydrogen-bond acceptors (Lipinski definition) is 4. The van der Waals surface area contributed by atoms with Crippen molar-refractivity contribution in [3.05, 3.63) is 10.6 Å². The highest BCUT2D eigenvalue weighted by Gasteiger charge is 2.25. The molecule has 3 rings (SSSR count). The molecule has 1 saturated heterocycles. The molecule has 2 amide bonds. The molecule has 1 aromatic rings. The summed E-state index contributed by atoms with van der Waals surface area (Å²) in [7, 11) is 0. The van der Waals surface area contributed by atoms with Crippen molar-refractivity contribution in [2.75, 3.05) is 26.2 Å². The van der Waals surface area contributed by atoms with Gasteiger partial charge in [-0.2, -0.15) is 5.10 Å². The first-order chi connectivity index (χ1) is 13.6. The first-order valence-corrected chi connectivity index (χ1v) is 11.2. The summed E-state index contributed by atoms with van der Waals surface area (Å²) in [6.45, 7) is 4.76. The number of aromatic nitrogens is 3. The minimum Gasteiger partial charge on any atom is -0.339 e. The Balaban J connectivity index is 1.44. The molecule has 0 radical (unpaired) electrons. The van der Waals surface area contributed by atoms with Crippen molar-refractivity contribution in [1.29, 1.82) is 0 Å². The maximum atomic E-state index is 12.7. The van der Waals surface area contributed by atoms with Crippen molar-refractivity contribution >= 4 is 24.0 Å². The molecule has 2 aliphatic rings. The molecule has 0 atom stereocenters. The van der Waals surface area contributed by atoms with E-state index < -0.39 is 0 Å². The van der Waals surface area contributed by atoms with E-state index in [-0.39, 0.29) is 18.4 Å². The summed E-state index contributed by atoms with van der Waals surface area (Å²) in [5, 5.41) is 7.01. The Morgan fingerprint density at radius 1 is 1.07 bits per heavy atom. The van der Waals surface area contributed by atoms with Crippen molar-refractivity contribution in [2.24, 2.45) is 5.92 Å². The molecule has 2 fully saturated rings. The van der Waals surface area contributed by atoms with Gasteiger partial charge in [0, 0.05) is 39.0 Å². The number of aromatic amines is 1. The van der Waals surface area contributed by atoms with E-state index in [1.165, 1.54) is 32.1 Å². The number of hydrogen-bond donors (Lipinski definition) is 1. The van der Waals surface area contributed by atoms with Gasteiger partial charge in [-0.25, -0.2) is 0 Å². The summed E-state index contributed by atoms with van der Waals surface area (Å²) in [5.41, 5.74) is 0. The molecule has 1 aliphatic carbocycles. The molecule has 0 aromatic carbocycles. The molecule has 0 spiro atoms. The zero-order valence-corrected chi connectivity index (χ0v) is 17.8. The molecular formula is C20H33N5O2S. The van der Waals surface area contributed by atoms with Gasteiger partial charge in [-0.05, 0) is 31.0 Å². The van der Waals surface area contributed by atoms with E-state index in [1.54, 1.807) is 4.57 Å². The van der Waals surface area contributed by atoms with Gasteiger partial charge in [0.2, 0.25) is 11.8 Å². The summed E-state index contributed by atoms with van der Waals surface area (Å²) < 4.78 is 2.29. The molecular weight excluding hydrogens is 374 g/mol. The number of carbonyl (C=O) groups excluding carboxylic acids is 2. The quantitative estimate of drug-likeness (QED) is 0.705. The van der Waals surface area contributed by atoms with Gasteiger partial charge in [0.1, 0.15) is 12.4 Å². The van der Waals surface area contributed by atoms with Crippen LogP contribution in [0.15, 0.2) is 0 Å². The summed E-state index contributed by atoms with van der Waals surface area (Å²) >= 11 is 5.26. The predicted molar refractivity (Wildman–Crippen MR) is 110 cm³/mol. The average molecular weight is 408 g/mol. The predicted octanol–water partition coefficient (Wildman–Crippen LogP) is 2.92. The van der Waals surface area contributed by atoms with Crippen LogP contribution in [-0.2, 0) is 22.6 Å². The Kier molecular flexibility index (Phi) is 7.65. The lowest BCUT2D eigenvalue weighted by Gasteiger charge is -2.35. The van der Waals surface area contributed by atoms with E-state index in [4.69, 9.17) is 12.2 Å². The van der Waals surface area contributed by atoms with E-state index in [1.807, 2.05) is 9.80 Å². The third-order valence-corrected chi connectivity index (χ3v) is 6.39. The van der Waals surface area contributed by atoms with E-state index in [9.17, 15) is 9.59 Å². The fraction of sp³-hybridized carbons (Fsp3) is 0.800. The normalized spacial score (nSPS) is 18.5. The molecule has 1 aromatic heterocycles. The van der Waals surface area contributed by atoms with Gasteiger partial charge in [-0.1, -0.05) is 39.0 Å². The van der Waals surface area contributed by atoms with Crippen LogP contribution < -0.4 is 0 Å². The fourth-order valence-electron chi connectivity index (χ4n) is 4.33. The first-order valence-electron chi connectivity index (χ1n) is 10.8. The second-order valence-electron chi connectivity index (χ2n) is 8.09. The van der Waals surface area contributed by atoms with Crippen molar-refractivity contribution in [3.8, 4) is 0 Å². The van der Waals surface area contributed by atoms with Crippen LogP contribution in [0.4, 0.5) is 0 Å². The first kappa shape index (κ1) is 21.0. The lowest BCUT2D eigenvalue weighted by Crippen LogP contribution is -2.51. The standard InChI is InChI=1S/C20H33N5O2S/c1-2-6-17-21-22-20(28)25(17)15-19(27)24-13-11-23(12-14-24)18(26)10-9-16-7-4-3-5-8-16/h16H,2-15H2,1H3,(H,22,28). The second-order valence-corrected chi connectivity index (χ2v) is 8.47. The van der Waals surface area contributed by atoms with Gasteiger partial charge in [-0.15, -0.1) is 0 Å². The molecule has 0 bridgehead atoms. The van der Waals surface area contributed by atoms with Crippen LogP contribution >= 0.6 is 12.2 Å². The smallest absolute Gasteiger partial charge is 0.242 e. The van der Waals surface area contributed by atoms with Gasteiger partial charge in [0.05, 0.1) is 0 Å². The van der Waals surface area contributed by atoms with Gasteiger partial charge >= 0.3 is 0 Å². The molecule has 1 saturated carbocycles. The largest absolute Gasteiger partial charge is 0.339 e. The molecule has 156 valence electrons. The van der Waals surface area contributed by atoms with Crippen molar-refractivity contribution in [1.82, 2.24) is 24.6 Å². The lowest BCUT2D eigenvalue weighted by atomic mass is 9.86. The van der Waals surface area contributed by atoms with Crippen molar-refractivity contribution < 1.29 is 9.59 Å². The Morgan fingerprint density at radius 3 is 2.36 bits per heavy atom. The number of piperazine rings is 1. The van der Waals surface area contributed by atoms with Crippen molar-refractivity contribution in [3.63, 3.8) is 0 Å². The molecule has 2 heterocycles. The number of nitrogens with one attached hydrogen (secondary N) is 1. The Hall–Kier alpha value is -1.70. The lowest BCUT2D eigenvalue weighted by molar-refractivity contribution is -0.140. The molecule has 8 heteroatoms. The third-order valence-electron chi connectivity index (χ3n) is 6.08. The average Bonchev–Trinajstić information content (AvgIpc) is 3.07. The van der Waals surface area contributed by atoms with E-state index in [2.05, 4.69) is 17.1 Å². The van der Waals surface area contributed by atoms with Crippen LogP contribution in [0, 0.1) is 10.7 Å². The summed E-state index contributed by atoms with van der Waals surface area (Å²) in [6, 6.07) is 0. The zero-order chi connectivity index (χ0) is 19.9. The number of H-pyrrole nitrogens is 1. The summed E-state index contributed by atoms with van der Waals surface area (Å²) in [4.78, 5) is 29.0. The monoisotopic (exact) mass is 407 g/mol. The maximum Gasteiger partial charge on any atom is 0.242 e. The van der Waals surface area contributed by atoms with Crippen LogP contribution in [0.5, 0.6) is 0 Å². The number of amides is 2. The third kappa shape index (κ3) is 5.43. The molecule has 28 heavy (non-hydrogen) atoms. The number of aryl methyl sites for hydroxylation is 1. The maximum absolute atomic E-state index is 12.7. The van der Waals surface area contributed by atoms with Gasteiger partial charge in [0.25, 0.3) is 0 Å². The van der Waals surface area contributed by atoms with Gasteiger partial charge in [-0.3, -0.25) is 19.3 Å². The highest BCUT2D eigenvalue weighted by Crippen LogP contribution is 2.27. The minimum absolute atomic E-state index is 0.0455. The Bertz CT molecular complexity index is 714. The SMILES string of the molecule is CCCc1n[nH]c(=S)n1CC(=O)N1CCN(C(=O)CCC2CCCCC2)CC1.